The summed E-state index contributed by atoms with van der Waals surface area (Å²) in [5.41, 5.74) is 1.39. The lowest BCUT2D eigenvalue weighted by Crippen LogP contribution is -2.34. The van der Waals surface area contributed by atoms with Gasteiger partial charge in [0.25, 0.3) is 0 Å². The molecule has 1 saturated carbocycles. The largest absolute Gasteiger partial charge is 0.393 e. The van der Waals surface area contributed by atoms with Crippen molar-refractivity contribution < 1.29 is 9.90 Å². The molecular formula is C18H27NO2. The van der Waals surface area contributed by atoms with Gasteiger partial charge < -0.3 is 10.4 Å². The molecule has 0 aliphatic heterocycles. The summed E-state index contributed by atoms with van der Waals surface area (Å²) in [4.78, 5) is 12.0. The molecule has 1 aliphatic rings. The fraction of sp³-hybridized carbons (Fsp3) is 0.611. The molecule has 3 heteroatoms. The highest BCUT2D eigenvalue weighted by molar-refractivity contribution is 5.78. The van der Waals surface area contributed by atoms with E-state index in [1.165, 1.54) is 12.0 Å². The number of amides is 1. The zero-order valence-corrected chi connectivity index (χ0v) is 12.8. The summed E-state index contributed by atoms with van der Waals surface area (Å²) in [5, 5.41) is 12.5. The van der Waals surface area contributed by atoms with Crippen LogP contribution in [0.25, 0.3) is 0 Å². The van der Waals surface area contributed by atoms with Crippen LogP contribution in [0.2, 0.25) is 0 Å². The van der Waals surface area contributed by atoms with Crippen LogP contribution in [0.1, 0.15) is 50.5 Å². The Bertz CT molecular complexity index is 410. The van der Waals surface area contributed by atoms with E-state index in [-0.39, 0.29) is 17.9 Å². The molecule has 21 heavy (non-hydrogen) atoms. The van der Waals surface area contributed by atoms with Crippen molar-refractivity contribution in [3.05, 3.63) is 35.9 Å². The molecule has 0 unspecified atom stereocenters. The number of benzene rings is 1. The lowest BCUT2D eigenvalue weighted by atomic mass is 9.87. The van der Waals surface area contributed by atoms with Crippen LogP contribution >= 0.6 is 0 Å². The van der Waals surface area contributed by atoms with Crippen LogP contribution in [0.3, 0.4) is 0 Å². The van der Waals surface area contributed by atoms with E-state index in [2.05, 4.69) is 29.6 Å². The summed E-state index contributed by atoms with van der Waals surface area (Å²) >= 11 is 0. The molecule has 1 aromatic carbocycles. The second-order valence-corrected chi connectivity index (χ2v) is 6.09. The smallest absolute Gasteiger partial charge is 0.223 e. The van der Waals surface area contributed by atoms with Crippen LogP contribution in [0.4, 0.5) is 0 Å². The lowest BCUT2D eigenvalue weighted by Gasteiger charge is -2.24. The first-order valence-electron chi connectivity index (χ1n) is 8.25. The summed E-state index contributed by atoms with van der Waals surface area (Å²) in [7, 11) is 0. The predicted molar refractivity (Wildman–Crippen MR) is 85.0 cm³/mol. The van der Waals surface area contributed by atoms with Gasteiger partial charge in [0, 0.05) is 12.5 Å². The number of hydrogen-bond donors (Lipinski definition) is 2. The van der Waals surface area contributed by atoms with Gasteiger partial charge >= 0.3 is 0 Å². The second-order valence-electron chi connectivity index (χ2n) is 6.09. The number of aliphatic hydroxyl groups excluding tert-OH is 1. The fourth-order valence-corrected chi connectivity index (χ4v) is 2.97. The maximum absolute atomic E-state index is 12.0. The molecule has 0 radical (unpaired) electrons. The van der Waals surface area contributed by atoms with Crippen molar-refractivity contribution in [1.29, 1.82) is 0 Å². The highest BCUT2D eigenvalue weighted by Gasteiger charge is 2.24. The Morgan fingerprint density at radius 2 is 1.76 bits per heavy atom. The SMILES string of the molecule is O=C(NCCCCCc1ccccc1)C1CCC(O)CC1. The van der Waals surface area contributed by atoms with Crippen molar-refractivity contribution in [1.82, 2.24) is 5.32 Å². The van der Waals surface area contributed by atoms with Gasteiger partial charge in [0.15, 0.2) is 0 Å². The molecule has 0 heterocycles. The first-order chi connectivity index (χ1) is 10.3. The van der Waals surface area contributed by atoms with Gasteiger partial charge in [-0.2, -0.15) is 0 Å². The normalized spacial score (nSPS) is 22.0. The van der Waals surface area contributed by atoms with E-state index in [9.17, 15) is 9.90 Å². The molecule has 3 nitrogen and oxygen atoms in total. The third kappa shape index (κ3) is 5.88. The molecule has 0 spiro atoms. The topological polar surface area (TPSA) is 49.3 Å². The minimum Gasteiger partial charge on any atom is -0.393 e. The number of carbonyl (C=O) groups is 1. The molecule has 1 amide bonds. The number of hydrogen-bond acceptors (Lipinski definition) is 2. The number of aliphatic hydroxyl groups is 1. The van der Waals surface area contributed by atoms with Crippen LogP contribution in [-0.4, -0.2) is 23.7 Å². The fourth-order valence-electron chi connectivity index (χ4n) is 2.97. The Labute approximate surface area is 127 Å². The Morgan fingerprint density at radius 3 is 2.48 bits per heavy atom. The Kier molecular flexibility index (Phi) is 6.74. The Morgan fingerprint density at radius 1 is 1.05 bits per heavy atom. The first-order valence-corrected chi connectivity index (χ1v) is 8.25. The molecule has 1 fully saturated rings. The maximum atomic E-state index is 12.0. The summed E-state index contributed by atoms with van der Waals surface area (Å²) in [5.74, 6) is 0.308. The molecule has 1 aromatic rings. The highest BCUT2D eigenvalue weighted by Crippen LogP contribution is 2.24. The standard InChI is InChI=1S/C18H27NO2/c20-17-12-10-16(11-13-17)18(21)19-14-6-2-5-9-15-7-3-1-4-8-15/h1,3-4,7-8,16-17,20H,2,5-6,9-14H2,(H,19,21). The minimum absolute atomic E-state index is 0.123. The van der Waals surface area contributed by atoms with E-state index in [1.54, 1.807) is 0 Å². The average Bonchev–Trinajstić information content (AvgIpc) is 2.52. The van der Waals surface area contributed by atoms with E-state index < -0.39 is 0 Å². The summed E-state index contributed by atoms with van der Waals surface area (Å²) < 4.78 is 0. The monoisotopic (exact) mass is 289 g/mol. The number of rotatable bonds is 7. The number of carbonyl (C=O) groups excluding carboxylic acids is 1. The van der Waals surface area contributed by atoms with E-state index >= 15 is 0 Å². The third-order valence-corrected chi connectivity index (χ3v) is 4.35. The first kappa shape index (κ1) is 16.0. The van der Waals surface area contributed by atoms with Gasteiger partial charge in [-0.1, -0.05) is 36.8 Å². The molecule has 0 aromatic heterocycles. The second kappa shape index (κ2) is 8.83. The lowest BCUT2D eigenvalue weighted by molar-refractivity contribution is -0.126. The van der Waals surface area contributed by atoms with Crippen LogP contribution in [0, 0.1) is 5.92 Å². The molecule has 116 valence electrons. The number of aryl methyl sites for hydroxylation is 1. The summed E-state index contributed by atoms with van der Waals surface area (Å²) in [6.45, 7) is 0.784. The third-order valence-electron chi connectivity index (χ3n) is 4.35. The summed E-state index contributed by atoms with van der Waals surface area (Å²) in [6, 6.07) is 10.5. The van der Waals surface area contributed by atoms with Crippen LogP contribution in [0.5, 0.6) is 0 Å². The van der Waals surface area contributed by atoms with Crippen molar-refractivity contribution >= 4 is 5.91 Å². The van der Waals surface area contributed by atoms with Crippen molar-refractivity contribution in [2.75, 3.05) is 6.54 Å². The van der Waals surface area contributed by atoms with Crippen LogP contribution in [-0.2, 0) is 11.2 Å². The highest BCUT2D eigenvalue weighted by atomic mass is 16.3. The molecule has 0 atom stereocenters. The zero-order valence-electron chi connectivity index (χ0n) is 12.8. The number of unbranched alkanes of at least 4 members (excludes halogenated alkanes) is 2. The zero-order chi connectivity index (χ0) is 14.9. The van der Waals surface area contributed by atoms with Gasteiger partial charge in [0.05, 0.1) is 6.10 Å². The molecule has 0 saturated heterocycles. The van der Waals surface area contributed by atoms with Gasteiger partial charge in [-0.05, 0) is 50.5 Å². The van der Waals surface area contributed by atoms with Gasteiger partial charge in [-0.25, -0.2) is 0 Å². The number of nitrogens with one attached hydrogen (secondary N) is 1. The van der Waals surface area contributed by atoms with Gasteiger partial charge in [0.1, 0.15) is 0 Å². The van der Waals surface area contributed by atoms with Crippen LogP contribution in [0.15, 0.2) is 30.3 Å². The van der Waals surface area contributed by atoms with Crippen molar-refractivity contribution in [3.8, 4) is 0 Å². The van der Waals surface area contributed by atoms with E-state index in [0.717, 1.165) is 51.5 Å². The molecule has 1 aliphatic carbocycles. The predicted octanol–water partition coefficient (Wildman–Crippen LogP) is 3.07. The van der Waals surface area contributed by atoms with Crippen LogP contribution < -0.4 is 5.32 Å². The van der Waals surface area contributed by atoms with Gasteiger partial charge in [-0.3, -0.25) is 4.79 Å². The molecule has 0 bridgehead atoms. The Hall–Kier alpha value is -1.35. The quantitative estimate of drug-likeness (QED) is 0.758. The Balaban J connectivity index is 1.50. The minimum atomic E-state index is -0.188. The van der Waals surface area contributed by atoms with Gasteiger partial charge in [-0.15, -0.1) is 0 Å². The molecule has 2 N–H and O–H groups in total. The molecular weight excluding hydrogens is 262 g/mol. The van der Waals surface area contributed by atoms with Gasteiger partial charge in [0.2, 0.25) is 5.91 Å². The summed E-state index contributed by atoms with van der Waals surface area (Å²) in [6.07, 6.45) is 7.52. The maximum Gasteiger partial charge on any atom is 0.223 e. The van der Waals surface area contributed by atoms with E-state index in [4.69, 9.17) is 0 Å². The van der Waals surface area contributed by atoms with E-state index in [0.29, 0.717) is 0 Å². The average molecular weight is 289 g/mol. The van der Waals surface area contributed by atoms with E-state index in [1.807, 2.05) is 6.07 Å². The van der Waals surface area contributed by atoms with Crippen molar-refractivity contribution in [2.24, 2.45) is 5.92 Å². The van der Waals surface area contributed by atoms with Crippen molar-refractivity contribution in [2.45, 2.75) is 57.5 Å². The van der Waals surface area contributed by atoms with Crippen molar-refractivity contribution in [3.63, 3.8) is 0 Å². The molecule has 2 rings (SSSR count).